The maximum Gasteiger partial charge on any atom is 0.166 e. The SMILES string of the molecule is CCOC(C(=O)Cc1ccc(Cl)cc1Cl)C1CCCCC1. The highest BCUT2D eigenvalue weighted by molar-refractivity contribution is 6.35. The first-order chi connectivity index (χ1) is 10.1. The summed E-state index contributed by atoms with van der Waals surface area (Å²) in [4.78, 5) is 12.6. The lowest BCUT2D eigenvalue weighted by Crippen LogP contribution is -2.35. The van der Waals surface area contributed by atoms with Gasteiger partial charge in [0, 0.05) is 23.1 Å². The van der Waals surface area contributed by atoms with E-state index in [4.69, 9.17) is 27.9 Å². The molecule has 1 fully saturated rings. The third-order valence-corrected chi connectivity index (χ3v) is 4.71. The molecule has 0 bridgehead atoms. The summed E-state index contributed by atoms with van der Waals surface area (Å²) in [5.74, 6) is 0.491. The smallest absolute Gasteiger partial charge is 0.166 e. The Morgan fingerprint density at radius 1 is 1.29 bits per heavy atom. The molecule has 0 aromatic heterocycles. The topological polar surface area (TPSA) is 26.3 Å². The van der Waals surface area contributed by atoms with Crippen molar-refractivity contribution in [2.45, 2.75) is 51.6 Å². The van der Waals surface area contributed by atoms with Crippen LogP contribution in [0.15, 0.2) is 18.2 Å². The van der Waals surface area contributed by atoms with Gasteiger partial charge in [-0.05, 0) is 43.4 Å². The average Bonchev–Trinajstić information content (AvgIpc) is 2.48. The Morgan fingerprint density at radius 2 is 2.00 bits per heavy atom. The number of carbonyl (C=O) groups is 1. The first-order valence-electron chi connectivity index (χ1n) is 7.70. The van der Waals surface area contributed by atoms with Gasteiger partial charge in [0.25, 0.3) is 0 Å². The molecule has 0 aliphatic heterocycles. The Kier molecular flexibility index (Phi) is 6.53. The zero-order valence-electron chi connectivity index (χ0n) is 12.4. The molecule has 1 aromatic carbocycles. The van der Waals surface area contributed by atoms with Crippen molar-refractivity contribution in [1.29, 1.82) is 0 Å². The van der Waals surface area contributed by atoms with Gasteiger partial charge in [-0.1, -0.05) is 48.5 Å². The Labute approximate surface area is 136 Å². The fourth-order valence-electron chi connectivity index (χ4n) is 3.06. The molecule has 0 radical (unpaired) electrons. The van der Waals surface area contributed by atoms with Crippen LogP contribution >= 0.6 is 23.2 Å². The number of carbonyl (C=O) groups excluding carboxylic acids is 1. The number of hydrogen-bond acceptors (Lipinski definition) is 2. The van der Waals surface area contributed by atoms with E-state index in [9.17, 15) is 4.79 Å². The van der Waals surface area contributed by atoms with E-state index in [-0.39, 0.29) is 11.9 Å². The number of ether oxygens (including phenoxy) is 1. The molecule has 1 aliphatic carbocycles. The summed E-state index contributed by atoms with van der Waals surface area (Å²) in [5, 5.41) is 1.14. The van der Waals surface area contributed by atoms with E-state index in [0.717, 1.165) is 18.4 Å². The normalized spacial score (nSPS) is 17.7. The van der Waals surface area contributed by atoms with Crippen molar-refractivity contribution in [2.75, 3.05) is 6.61 Å². The minimum absolute atomic E-state index is 0.132. The highest BCUT2D eigenvalue weighted by atomic mass is 35.5. The number of ketones is 1. The van der Waals surface area contributed by atoms with E-state index < -0.39 is 0 Å². The molecule has 0 N–H and O–H groups in total. The van der Waals surface area contributed by atoms with E-state index in [1.54, 1.807) is 12.1 Å². The summed E-state index contributed by atoms with van der Waals surface area (Å²) in [7, 11) is 0. The minimum atomic E-state index is -0.290. The van der Waals surface area contributed by atoms with Crippen LogP contribution in [0.25, 0.3) is 0 Å². The molecule has 1 aromatic rings. The second-order valence-electron chi connectivity index (χ2n) is 5.65. The summed E-state index contributed by atoms with van der Waals surface area (Å²) in [6, 6.07) is 5.28. The molecule has 0 spiro atoms. The van der Waals surface area contributed by atoms with Crippen molar-refractivity contribution in [2.24, 2.45) is 5.92 Å². The largest absolute Gasteiger partial charge is 0.370 e. The van der Waals surface area contributed by atoms with Gasteiger partial charge in [0.15, 0.2) is 5.78 Å². The van der Waals surface area contributed by atoms with Crippen molar-refractivity contribution in [3.8, 4) is 0 Å². The quantitative estimate of drug-likeness (QED) is 0.726. The summed E-state index contributed by atoms with van der Waals surface area (Å²) in [5.41, 5.74) is 0.826. The Bertz CT molecular complexity index is 482. The van der Waals surface area contributed by atoms with E-state index in [2.05, 4.69) is 0 Å². The van der Waals surface area contributed by atoms with Gasteiger partial charge in [-0.3, -0.25) is 4.79 Å². The standard InChI is InChI=1S/C17H22Cl2O2/c1-2-21-17(12-6-4-3-5-7-12)16(20)10-13-8-9-14(18)11-15(13)19/h8-9,11-12,17H,2-7,10H2,1H3. The molecule has 116 valence electrons. The van der Waals surface area contributed by atoms with Crippen molar-refractivity contribution in [3.63, 3.8) is 0 Å². The van der Waals surface area contributed by atoms with Crippen LogP contribution in [0.2, 0.25) is 10.0 Å². The highest BCUT2D eigenvalue weighted by Crippen LogP contribution is 2.30. The molecule has 1 unspecified atom stereocenters. The van der Waals surface area contributed by atoms with E-state index in [1.807, 2.05) is 13.0 Å². The van der Waals surface area contributed by atoms with Crippen LogP contribution in [0.5, 0.6) is 0 Å². The Morgan fingerprint density at radius 3 is 2.62 bits per heavy atom. The summed E-state index contributed by atoms with van der Waals surface area (Å²) in [6.07, 6.45) is 5.87. The lowest BCUT2D eigenvalue weighted by atomic mass is 9.82. The first-order valence-corrected chi connectivity index (χ1v) is 8.45. The molecule has 1 aliphatic rings. The second kappa shape index (κ2) is 8.17. The van der Waals surface area contributed by atoms with Crippen molar-refractivity contribution in [3.05, 3.63) is 33.8 Å². The average molecular weight is 329 g/mol. The lowest BCUT2D eigenvalue weighted by molar-refractivity contribution is -0.134. The highest BCUT2D eigenvalue weighted by Gasteiger charge is 2.30. The molecule has 4 heteroatoms. The Hall–Kier alpha value is -0.570. The predicted molar refractivity (Wildman–Crippen MR) is 87.2 cm³/mol. The zero-order chi connectivity index (χ0) is 15.2. The number of hydrogen-bond donors (Lipinski definition) is 0. The maximum absolute atomic E-state index is 12.6. The van der Waals surface area contributed by atoms with Crippen LogP contribution in [0, 0.1) is 5.92 Å². The van der Waals surface area contributed by atoms with Crippen LogP contribution < -0.4 is 0 Å². The fourth-order valence-corrected chi connectivity index (χ4v) is 3.54. The van der Waals surface area contributed by atoms with Crippen molar-refractivity contribution < 1.29 is 9.53 Å². The maximum atomic E-state index is 12.6. The molecule has 21 heavy (non-hydrogen) atoms. The van der Waals surface area contributed by atoms with Crippen LogP contribution in [-0.4, -0.2) is 18.5 Å². The van der Waals surface area contributed by atoms with Gasteiger partial charge in [-0.25, -0.2) is 0 Å². The number of benzene rings is 1. The first kappa shape index (κ1) is 16.8. The number of halogens is 2. The molecule has 0 saturated heterocycles. The third-order valence-electron chi connectivity index (χ3n) is 4.12. The molecular weight excluding hydrogens is 307 g/mol. The monoisotopic (exact) mass is 328 g/mol. The van der Waals surface area contributed by atoms with Gasteiger partial charge in [0.1, 0.15) is 6.10 Å². The van der Waals surface area contributed by atoms with Crippen LogP contribution in [0.1, 0.15) is 44.6 Å². The van der Waals surface area contributed by atoms with Gasteiger partial charge < -0.3 is 4.74 Å². The molecule has 1 saturated carbocycles. The van der Waals surface area contributed by atoms with Gasteiger partial charge in [0.05, 0.1) is 0 Å². The molecule has 2 nitrogen and oxygen atoms in total. The summed E-state index contributed by atoms with van der Waals surface area (Å²) >= 11 is 12.1. The zero-order valence-corrected chi connectivity index (χ0v) is 13.9. The van der Waals surface area contributed by atoms with Crippen LogP contribution in [0.4, 0.5) is 0 Å². The van der Waals surface area contributed by atoms with E-state index in [1.165, 1.54) is 19.3 Å². The molecule has 0 amide bonds. The van der Waals surface area contributed by atoms with E-state index >= 15 is 0 Å². The van der Waals surface area contributed by atoms with E-state index in [0.29, 0.717) is 29.0 Å². The van der Waals surface area contributed by atoms with Crippen molar-refractivity contribution in [1.82, 2.24) is 0 Å². The molecular formula is C17H22Cl2O2. The summed E-state index contributed by atoms with van der Waals surface area (Å²) in [6.45, 7) is 2.51. The minimum Gasteiger partial charge on any atom is -0.370 e. The number of Topliss-reactive ketones (excluding diaryl/α,β-unsaturated/α-hetero) is 1. The van der Waals surface area contributed by atoms with Gasteiger partial charge in [-0.2, -0.15) is 0 Å². The van der Waals surface area contributed by atoms with Gasteiger partial charge >= 0.3 is 0 Å². The van der Waals surface area contributed by atoms with Gasteiger partial charge in [0.2, 0.25) is 0 Å². The van der Waals surface area contributed by atoms with Crippen molar-refractivity contribution >= 4 is 29.0 Å². The number of rotatable bonds is 6. The molecule has 2 rings (SSSR count). The predicted octanol–water partition coefficient (Wildman–Crippen LogP) is 5.09. The lowest BCUT2D eigenvalue weighted by Gasteiger charge is -2.29. The molecule has 1 atom stereocenters. The van der Waals surface area contributed by atoms with Gasteiger partial charge in [-0.15, -0.1) is 0 Å². The second-order valence-corrected chi connectivity index (χ2v) is 6.50. The molecule has 0 heterocycles. The van der Waals surface area contributed by atoms with Crippen LogP contribution in [0.3, 0.4) is 0 Å². The third kappa shape index (κ3) is 4.70. The Balaban J connectivity index is 2.07. The summed E-state index contributed by atoms with van der Waals surface area (Å²) < 4.78 is 5.76. The van der Waals surface area contributed by atoms with Crippen LogP contribution in [-0.2, 0) is 16.0 Å². The fraction of sp³-hybridized carbons (Fsp3) is 0.588.